The summed E-state index contributed by atoms with van der Waals surface area (Å²) >= 11 is 0. The fourth-order valence-corrected chi connectivity index (χ4v) is 4.19. The first kappa shape index (κ1) is 21.0. The second kappa shape index (κ2) is 9.73. The van der Waals surface area contributed by atoms with Gasteiger partial charge in [-0.05, 0) is 44.0 Å². The molecule has 2 aromatic heterocycles. The Kier molecular flexibility index (Phi) is 6.60. The maximum Gasteiger partial charge on any atom is 0.253 e. The quantitative estimate of drug-likeness (QED) is 0.660. The lowest BCUT2D eigenvalue weighted by atomic mass is 10.2. The summed E-state index contributed by atoms with van der Waals surface area (Å²) in [6, 6.07) is 11.1. The predicted molar refractivity (Wildman–Crippen MR) is 120 cm³/mol. The molecule has 1 fully saturated rings. The van der Waals surface area contributed by atoms with Gasteiger partial charge in [0.05, 0.1) is 22.6 Å². The Hall–Kier alpha value is -3.22. The Bertz CT molecular complexity index is 1040. The molecular formula is C24H29N5O2. The number of benzene rings is 1. The lowest BCUT2D eigenvalue weighted by Gasteiger charge is -2.21. The van der Waals surface area contributed by atoms with Gasteiger partial charge in [0.2, 0.25) is 5.91 Å². The van der Waals surface area contributed by atoms with Crippen LogP contribution in [0.2, 0.25) is 0 Å². The lowest BCUT2D eigenvalue weighted by molar-refractivity contribution is -0.131. The number of imidazole rings is 1. The van der Waals surface area contributed by atoms with E-state index in [1.165, 1.54) is 12.8 Å². The van der Waals surface area contributed by atoms with Crippen molar-refractivity contribution in [2.45, 2.75) is 51.6 Å². The number of likely N-dealkylation sites (tertiary alicyclic amines) is 1. The summed E-state index contributed by atoms with van der Waals surface area (Å²) in [7, 11) is 0. The van der Waals surface area contributed by atoms with Crippen molar-refractivity contribution in [2.75, 3.05) is 13.1 Å². The number of aromatic nitrogens is 3. The van der Waals surface area contributed by atoms with Crippen LogP contribution in [0.5, 0.6) is 0 Å². The minimum atomic E-state index is -0.312. The first-order chi connectivity index (χ1) is 15.1. The Morgan fingerprint density at radius 1 is 1.06 bits per heavy atom. The molecule has 1 aliphatic heterocycles. The van der Waals surface area contributed by atoms with E-state index in [1.54, 1.807) is 24.5 Å². The first-order valence-corrected chi connectivity index (χ1v) is 11.1. The number of aryl methyl sites for hydroxylation is 1. The van der Waals surface area contributed by atoms with Gasteiger partial charge in [0, 0.05) is 38.4 Å². The van der Waals surface area contributed by atoms with Gasteiger partial charge in [0.25, 0.3) is 5.91 Å². The Balaban J connectivity index is 1.52. The van der Waals surface area contributed by atoms with Gasteiger partial charge in [-0.3, -0.25) is 14.6 Å². The maximum atomic E-state index is 12.8. The number of pyridine rings is 1. The molecular weight excluding hydrogens is 390 g/mol. The number of fused-ring (bicyclic) bond motifs is 1. The highest BCUT2D eigenvalue weighted by Gasteiger charge is 2.21. The van der Waals surface area contributed by atoms with Gasteiger partial charge in [0.1, 0.15) is 5.82 Å². The highest BCUT2D eigenvalue weighted by Crippen LogP contribution is 2.22. The number of rotatable bonds is 6. The fourth-order valence-electron chi connectivity index (χ4n) is 4.19. The first-order valence-electron chi connectivity index (χ1n) is 11.1. The van der Waals surface area contributed by atoms with Crippen LogP contribution in [-0.2, 0) is 11.3 Å². The molecule has 1 aromatic carbocycles. The van der Waals surface area contributed by atoms with Crippen molar-refractivity contribution in [1.29, 1.82) is 0 Å². The molecule has 4 rings (SSSR count). The molecule has 3 aromatic rings. The molecule has 3 heterocycles. The van der Waals surface area contributed by atoms with Gasteiger partial charge in [-0.2, -0.15) is 0 Å². The molecule has 31 heavy (non-hydrogen) atoms. The number of hydrogen-bond acceptors (Lipinski definition) is 4. The molecule has 7 heteroatoms. The minimum absolute atomic E-state index is 0.192. The highest BCUT2D eigenvalue weighted by atomic mass is 16.2. The topological polar surface area (TPSA) is 80.1 Å². The normalized spacial score (nSPS) is 15.5. The van der Waals surface area contributed by atoms with Crippen LogP contribution in [-0.4, -0.2) is 44.3 Å². The fraction of sp³-hybridized carbons (Fsp3) is 0.417. The van der Waals surface area contributed by atoms with E-state index in [1.807, 2.05) is 36.1 Å². The van der Waals surface area contributed by atoms with Crippen LogP contribution in [0.15, 0.2) is 48.8 Å². The van der Waals surface area contributed by atoms with Crippen molar-refractivity contribution in [2.24, 2.45) is 0 Å². The van der Waals surface area contributed by atoms with E-state index in [-0.39, 0.29) is 17.9 Å². The summed E-state index contributed by atoms with van der Waals surface area (Å²) in [6.07, 6.45) is 8.19. The number of carbonyl (C=O) groups is 2. The Morgan fingerprint density at radius 3 is 2.58 bits per heavy atom. The van der Waals surface area contributed by atoms with Crippen LogP contribution in [0, 0.1) is 0 Å². The third kappa shape index (κ3) is 4.93. The van der Waals surface area contributed by atoms with Crippen molar-refractivity contribution in [3.05, 3.63) is 60.2 Å². The van der Waals surface area contributed by atoms with Crippen molar-refractivity contribution in [3.8, 4) is 0 Å². The standard InChI is InChI=1S/C24H29N5O2/c1-18(26-24(31)19-9-8-13-25-17-19)23-27-20-10-4-5-11-21(20)29(23)16-12-22(30)28-14-6-2-3-7-15-28/h4-5,8-11,13,17-18H,2-3,6-7,12,14-16H2,1H3,(H,26,31). The second-order valence-corrected chi connectivity index (χ2v) is 8.09. The van der Waals surface area contributed by atoms with E-state index in [0.29, 0.717) is 18.5 Å². The molecule has 1 saturated heterocycles. The molecule has 2 amide bonds. The van der Waals surface area contributed by atoms with Gasteiger partial charge < -0.3 is 14.8 Å². The van der Waals surface area contributed by atoms with Crippen molar-refractivity contribution in [3.63, 3.8) is 0 Å². The molecule has 0 radical (unpaired) electrons. The third-order valence-corrected chi connectivity index (χ3v) is 5.85. The summed E-state index contributed by atoms with van der Waals surface area (Å²) in [5.41, 5.74) is 2.35. The van der Waals surface area contributed by atoms with Crippen LogP contribution in [0.3, 0.4) is 0 Å². The Labute approximate surface area is 182 Å². The van der Waals surface area contributed by atoms with Crippen LogP contribution in [0.4, 0.5) is 0 Å². The number of hydrogen-bond donors (Lipinski definition) is 1. The SMILES string of the molecule is CC(NC(=O)c1cccnc1)c1nc2ccccc2n1CCC(=O)N1CCCCCC1. The summed E-state index contributed by atoms with van der Waals surface area (Å²) in [5.74, 6) is 0.750. The van der Waals surface area contributed by atoms with E-state index in [2.05, 4.69) is 14.9 Å². The monoisotopic (exact) mass is 419 g/mol. The van der Waals surface area contributed by atoms with Crippen LogP contribution in [0.1, 0.15) is 61.3 Å². The molecule has 0 bridgehead atoms. The molecule has 7 nitrogen and oxygen atoms in total. The highest BCUT2D eigenvalue weighted by molar-refractivity contribution is 5.94. The Morgan fingerprint density at radius 2 is 1.84 bits per heavy atom. The van der Waals surface area contributed by atoms with Crippen molar-refractivity contribution in [1.82, 2.24) is 24.8 Å². The minimum Gasteiger partial charge on any atom is -0.343 e. The van der Waals surface area contributed by atoms with E-state index in [4.69, 9.17) is 4.98 Å². The van der Waals surface area contributed by atoms with Gasteiger partial charge in [-0.1, -0.05) is 25.0 Å². The zero-order chi connectivity index (χ0) is 21.6. The zero-order valence-corrected chi connectivity index (χ0v) is 18.0. The van der Waals surface area contributed by atoms with Gasteiger partial charge in [-0.25, -0.2) is 4.98 Å². The zero-order valence-electron chi connectivity index (χ0n) is 18.0. The number of nitrogens with one attached hydrogen (secondary N) is 1. The number of carbonyl (C=O) groups excluding carboxylic acids is 2. The summed E-state index contributed by atoms with van der Waals surface area (Å²) in [6.45, 7) is 4.17. The molecule has 1 N–H and O–H groups in total. The second-order valence-electron chi connectivity index (χ2n) is 8.09. The summed E-state index contributed by atoms with van der Waals surface area (Å²) in [5, 5.41) is 3.02. The molecule has 1 aliphatic rings. The number of nitrogens with zero attached hydrogens (tertiary/aromatic N) is 4. The van der Waals surface area contributed by atoms with Gasteiger partial charge in [-0.15, -0.1) is 0 Å². The maximum absolute atomic E-state index is 12.8. The number of amides is 2. The molecule has 1 atom stereocenters. The van der Waals surface area contributed by atoms with Crippen molar-refractivity contribution < 1.29 is 9.59 Å². The van der Waals surface area contributed by atoms with Crippen molar-refractivity contribution >= 4 is 22.8 Å². The average Bonchev–Trinajstić information content (AvgIpc) is 2.96. The molecule has 162 valence electrons. The molecule has 0 saturated carbocycles. The van der Waals surface area contributed by atoms with Gasteiger partial charge >= 0.3 is 0 Å². The predicted octanol–water partition coefficient (Wildman–Crippen LogP) is 3.72. The summed E-state index contributed by atoms with van der Waals surface area (Å²) < 4.78 is 2.07. The smallest absolute Gasteiger partial charge is 0.253 e. The van der Waals surface area contributed by atoms with Gasteiger partial charge in [0.15, 0.2) is 0 Å². The van der Waals surface area contributed by atoms with Crippen LogP contribution in [0.25, 0.3) is 11.0 Å². The van der Waals surface area contributed by atoms with E-state index >= 15 is 0 Å². The van der Waals surface area contributed by atoms with E-state index in [9.17, 15) is 9.59 Å². The molecule has 1 unspecified atom stereocenters. The summed E-state index contributed by atoms with van der Waals surface area (Å²) in [4.78, 5) is 36.2. The van der Waals surface area contributed by atoms with E-state index < -0.39 is 0 Å². The lowest BCUT2D eigenvalue weighted by Crippen LogP contribution is -2.33. The van der Waals surface area contributed by atoms with Crippen LogP contribution < -0.4 is 5.32 Å². The molecule has 0 aliphatic carbocycles. The average molecular weight is 420 g/mol. The largest absolute Gasteiger partial charge is 0.343 e. The van der Waals surface area contributed by atoms with E-state index in [0.717, 1.165) is 42.8 Å². The molecule has 0 spiro atoms. The number of para-hydroxylation sites is 2. The van der Waals surface area contributed by atoms with Crippen LogP contribution >= 0.6 is 0 Å². The third-order valence-electron chi connectivity index (χ3n) is 5.85.